The zero-order chi connectivity index (χ0) is 30.5. The average molecular weight is 617 g/mol. The van der Waals surface area contributed by atoms with E-state index in [0.29, 0.717) is 41.5 Å². The van der Waals surface area contributed by atoms with Gasteiger partial charge >= 0.3 is 0 Å². The van der Waals surface area contributed by atoms with Crippen LogP contribution in [0.4, 0.5) is 5.69 Å². The van der Waals surface area contributed by atoms with Crippen LogP contribution in [0.3, 0.4) is 0 Å². The molecule has 3 amide bonds. The number of carbonyl (C=O) groups is 3. The van der Waals surface area contributed by atoms with Crippen molar-refractivity contribution in [2.75, 3.05) is 18.0 Å². The average Bonchev–Trinajstić information content (AvgIpc) is 3.28. The van der Waals surface area contributed by atoms with Crippen molar-refractivity contribution in [1.82, 2.24) is 10.2 Å². The zero-order valence-electron chi connectivity index (χ0n) is 24.4. The van der Waals surface area contributed by atoms with Crippen molar-refractivity contribution in [2.45, 2.75) is 45.7 Å². The van der Waals surface area contributed by atoms with Crippen LogP contribution in [0.25, 0.3) is 10.8 Å². The molecule has 1 atom stereocenters. The number of amides is 3. The minimum atomic E-state index is -0.741. The quantitative estimate of drug-likeness (QED) is 0.182. The summed E-state index contributed by atoms with van der Waals surface area (Å²) in [5.41, 5.74) is 3.28. The van der Waals surface area contributed by atoms with Gasteiger partial charge in [0.1, 0.15) is 6.04 Å². The highest BCUT2D eigenvalue weighted by atomic mass is 35.5. The molecule has 1 heterocycles. The number of nitrogens with one attached hydrogen (secondary N) is 1. The summed E-state index contributed by atoms with van der Waals surface area (Å²) in [7, 11) is 0. The fourth-order valence-electron chi connectivity index (χ4n) is 5.54. The van der Waals surface area contributed by atoms with Crippen molar-refractivity contribution in [3.63, 3.8) is 0 Å². The molecule has 43 heavy (non-hydrogen) atoms. The van der Waals surface area contributed by atoms with Gasteiger partial charge in [-0.05, 0) is 53.1 Å². The molecule has 4 aromatic carbocycles. The van der Waals surface area contributed by atoms with Gasteiger partial charge in [-0.15, -0.1) is 0 Å². The van der Waals surface area contributed by atoms with E-state index in [2.05, 4.69) is 5.32 Å². The Labute approximate surface area is 262 Å². The molecule has 6 nitrogen and oxygen atoms in total. The Morgan fingerprint density at radius 1 is 0.884 bits per heavy atom. The first-order chi connectivity index (χ1) is 20.7. The van der Waals surface area contributed by atoms with E-state index in [4.69, 9.17) is 23.2 Å². The van der Waals surface area contributed by atoms with Crippen LogP contribution in [0, 0.1) is 5.92 Å². The first kappa shape index (κ1) is 30.6. The molecule has 1 aliphatic rings. The lowest BCUT2D eigenvalue weighted by atomic mass is 10.0. The number of hydrogen-bond donors (Lipinski definition) is 1. The van der Waals surface area contributed by atoms with Gasteiger partial charge in [-0.1, -0.05) is 97.7 Å². The summed E-state index contributed by atoms with van der Waals surface area (Å²) in [5.74, 6) is -0.175. The first-order valence-corrected chi connectivity index (χ1v) is 15.4. The van der Waals surface area contributed by atoms with Crippen LogP contribution < -0.4 is 10.2 Å². The van der Waals surface area contributed by atoms with Gasteiger partial charge in [0, 0.05) is 43.4 Å². The van der Waals surface area contributed by atoms with Gasteiger partial charge in [-0.25, -0.2) is 0 Å². The Morgan fingerprint density at radius 3 is 2.35 bits per heavy atom. The first-order valence-electron chi connectivity index (χ1n) is 14.6. The number of carbonyl (C=O) groups excluding carboxylic acids is 3. The molecule has 0 aliphatic carbocycles. The van der Waals surface area contributed by atoms with Gasteiger partial charge in [0.2, 0.25) is 11.8 Å². The van der Waals surface area contributed by atoms with Crippen molar-refractivity contribution in [3.8, 4) is 0 Å². The molecular formula is C35H35Cl2N3O3. The van der Waals surface area contributed by atoms with Gasteiger partial charge < -0.3 is 15.1 Å². The molecule has 0 fully saturated rings. The molecule has 0 bridgehead atoms. The number of rotatable bonds is 12. The van der Waals surface area contributed by atoms with Gasteiger partial charge in [0.15, 0.2) is 0 Å². The van der Waals surface area contributed by atoms with E-state index in [1.807, 2.05) is 86.6 Å². The van der Waals surface area contributed by atoms with Gasteiger partial charge in [-0.3, -0.25) is 14.4 Å². The topological polar surface area (TPSA) is 69.7 Å². The summed E-state index contributed by atoms with van der Waals surface area (Å²) in [5, 5.41) is 5.82. The van der Waals surface area contributed by atoms with Crippen molar-refractivity contribution in [1.29, 1.82) is 0 Å². The van der Waals surface area contributed by atoms with Crippen molar-refractivity contribution in [2.24, 2.45) is 5.92 Å². The second-order valence-corrected chi connectivity index (χ2v) is 12.2. The van der Waals surface area contributed by atoms with Crippen molar-refractivity contribution < 1.29 is 14.4 Å². The summed E-state index contributed by atoms with van der Waals surface area (Å²) in [6, 6.07) is 25.8. The third-order valence-corrected chi connectivity index (χ3v) is 8.45. The maximum atomic E-state index is 14.0. The molecule has 222 valence electrons. The molecule has 0 saturated carbocycles. The molecule has 5 rings (SSSR count). The fourth-order valence-corrected chi connectivity index (χ4v) is 5.86. The van der Waals surface area contributed by atoms with Crippen LogP contribution in [0.15, 0.2) is 84.9 Å². The van der Waals surface area contributed by atoms with E-state index in [-0.39, 0.29) is 36.6 Å². The van der Waals surface area contributed by atoms with E-state index < -0.39 is 6.04 Å². The monoisotopic (exact) mass is 615 g/mol. The summed E-state index contributed by atoms with van der Waals surface area (Å²) in [6.45, 7) is 5.15. The van der Waals surface area contributed by atoms with Crippen LogP contribution in [0.5, 0.6) is 0 Å². The second kappa shape index (κ2) is 13.6. The Kier molecular flexibility index (Phi) is 9.69. The summed E-state index contributed by atoms with van der Waals surface area (Å²) in [4.78, 5) is 44.4. The number of nitrogens with zero attached hydrogens (tertiary/aromatic N) is 2. The minimum absolute atomic E-state index is 0.0538. The Hall–Kier alpha value is -3.87. The van der Waals surface area contributed by atoms with E-state index in [1.165, 1.54) is 0 Å². The Balaban J connectivity index is 1.38. The van der Waals surface area contributed by atoms with Crippen LogP contribution in [-0.2, 0) is 22.6 Å². The van der Waals surface area contributed by atoms with E-state index in [0.717, 1.165) is 27.6 Å². The van der Waals surface area contributed by atoms with Crippen molar-refractivity contribution >= 4 is 57.4 Å². The van der Waals surface area contributed by atoms with Gasteiger partial charge in [0.05, 0.1) is 15.7 Å². The molecule has 4 aromatic rings. The fraction of sp³-hybridized carbons (Fsp3) is 0.286. The molecule has 1 N–H and O–H groups in total. The number of benzene rings is 4. The number of anilines is 1. The molecular weight excluding hydrogens is 581 g/mol. The maximum Gasteiger partial charge on any atom is 0.258 e. The lowest BCUT2D eigenvalue weighted by Crippen LogP contribution is -2.51. The molecule has 1 unspecified atom stereocenters. The predicted molar refractivity (Wildman–Crippen MR) is 174 cm³/mol. The highest BCUT2D eigenvalue weighted by molar-refractivity contribution is 6.42. The molecule has 8 heteroatoms. The smallest absolute Gasteiger partial charge is 0.258 e. The molecule has 0 radical (unpaired) electrons. The largest absolute Gasteiger partial charge is 0.354 e. The minimum Gasteiger partial charge on any atom is -0.354 e. The van der Waals surface area contributed by atoms with E-state index in [1.54, 1.807) is 21.9 Å². The maximum absolute atomic E-state index is 14.0. The predicted octanol–water partition coefficient (Wildman–Crippen LogP) is 7.30. The van der Waals surface area contributed by atoms with E-state index in [9.17, 15) is 14.4 Å². The van der Waals surface area contributed by atoms with Crippen LogP contribution >= 0.6 is 23.2 Å². The number of halogens is 2. The van der Waals surface area contributed by atoms with Crippen LogP contribution in [0.2, 0.25) is 10.0 Å². The highest BCUT2D eigenvalue weighted by Crippen LogP contribution is 2.37. The molecule has 1 aliphatic heterocycles. The normalized spacial score (nSPS) is 13.0. The molecule has 0 aromatic heterocycles. The standard InChI is InChI=1S/C35H35Cl2N3O3/c1-23(2)21-38-34(42)31(20-24-9-4-3-5-10-24)40(22-25-16-17-28(36)29(37)19-25)32(41)15-8-18-39-30-14-7-12-26-11-6-13-27(33(26)30)35(39)43/h3-7,9-14,16-17,19,23,31H,8,15,18,20-22H2,1-2H3,(H,38,42). The third kappa shape index (κ3) is 7.03. The summed E-state index contributed by atoms with van der Waals surface area (Å²) >= 11 is 12.5. The zero-order valence-corrected chi connectivity index (χ0v) is 25.9. The lowest BCUT2D eigenvalue weighted by Gasteiger charge is -2.32. The van der Waals surface area contributed by atoms with Gasteiger partial charge in [0.25, 0.3) is 5.91 Å². The summed E-state index contributed by atoms with van der Waals surface area (Å²) in [6.07, 6.45) is 0.971. The summed E-state index contributed by atoms with van der Waals surface area (Å²) < 4.78 is 0. The SMILES string of the molecule is CC(C)CNC(=O)C(Cc1ccccc1)N(Cc1ccc(Cl)c(Cl)c1)C(=O)CCCN1C(=O)c2cccc3cccc1c23. The Morgan fingerprint density at radius 2 is 1.63 bits per heavy atom. The van der Waals surface area contributed by atoms with Crippen LogP contribution in [0.1, 0.15) is 48.2 Å². The lowest BCUT2D eigenvalue weighted by molar-refractivity contribution is -0.141. The van der Waals surface area contributed by atoms with Gasteiger partial charge in [-0.2, -0.15) is 0 Å². The molecule has 0 spiro atoms. The van der Waals surface area contributed by atoms with Crippen LogP contribution in [-0.4, -0.2) is 41.8 Å². The number of hydrogen-bond acceptors (Lipinski definition) is 3. The molecule has 0 saturated heterocycles. The Bertz CT molecular complexity index is 1640. The second-order valence-electron chi connectivity index (χ2n) is 11.4. The van der Waals surface area contributed by atoms with E-state index >= 15 is 0 Å². The highest BCUT2D eigenvalue weighted by Gasteiger charge is 2.32. The third-order valence-electron chi connectivity index (χ3n) is 7.71. The van der Waals surface area contributed by atoms with Crippen molar-refractivity contribution in [3.05, 3.63) is 112 Å².